The van der Waals surface area contributed by atoms with Gasteiger partial charge in [0.15, 0.2) is 16.7 Å². The van der Waals surface area contributed by atoms with Crippen molar-refractivity contribution in [3.8, 4) is 0 Å². The Morgan fingerprint density at radius 3 is 2.68 bits per heavy atom. The van der Waals surface area contributed by atoms with E-state index in [1.807, 2.05) is 0 Å². The molecule has 0 aliphatic carbocycles. The topological polar surface area (TPSA) is 85.0 Å². The molecule has 2 aromatic rings. The van der Waals surface area contributed by atoms with E-state index in [-0.39, 0.29) is 28.1 Å². The van der Waals surface area contributed by atoms with Crippen molar-refractivity contribution in [2.45, 2.75) is 12.7 Å². The van der Waals surface area contributed by atoms with Gasteiger partial charge in [0, 0.05) is 12.4 Å². The minimum absolute atomic E-state index is 0.0112. The highest BCUT2D eigenvalue weighted by molar-refractivity contribution is 7.09. The summed E-state index contributed by atoms with van der Waals surface area (Å²) in [5, 5.41) is 8.47. The molecule has 0 aliphatic rings. The zero-order chi connectivity index (χ0) is 16.5. The molecule has 0 unspecified atom stereocenters. The quantitative estimate of drug-likeness (QED) is 0.913. The Morgan fingerprint density at radius 1 is 1.45 bits per heavy atom. The van der Waals surface area contributed by atoms with Gasteiger partial charge in [-0.05, 0) is 6.07 Å². The van der Waals surface area contributed by atoms with Gasteiger partial charge in [-0.25, -0.2) is 4.98 Å². The van der Waals surface area contributed by atoms with Crippen molar-refractivity contribution in [3.05, 3.63) is 32.9 Å². The van der Waals surface area contributed by atoms with E-state index in [0.717, 1.165) is 16.7 Å². The number of amides is 1. The van der Waals surface area contributed by atoms with Crippen LogP contribution in [-0.4, -0.2) is 28.1 Å². The predicted molar refractivity (Wildman–Crippen MR) is 74.8 cm³/mol. The summed E-state index contributed by atoms with van der Waals surface area (Å²) < 4.78 is 37.5. The van der Waals surface area contributed by atoms with Crippen molar-refractivity contribution < 1.29 is 18.0 Å². The van der Waals surface area contributed by atoms with Crippen LogP contribution in [0.15, 0.2) is 11.4 Å². The number of rotatable bonds is 4. The van der Waals surface area contributed by atoms with Crippen molar-refractivity contribution in [3.63, 3.8) is 0 Å². The van der Waals surface area contributed by atoms with Gasteiger partial charge < -0.3 is 10.6 Å². The van der Waals surface area contributed by atoms with Gasteiger partial charge in [-0.15, -0.1) is 21.5 Å². The predicted octanol–water partition coefficient (Wildman–Crippen LogP) is 2.34. The average molecular weight is 352 g/mol. The Hall–Kier alpha value is -1.94. The molecule has 11 heteroatoms. The highest BCUT2D eigenvalue weighted by Crippen LogP contribution is 2.30. The first-order valence-corrected chi connectivity index (χ1v) is 7.00. The van der Waals surface area contributed by atoms with Crippen LogP contribution in [0.4, 0.5) is 19.0 Å². The van der Waals surface area contributed by atoms with Crippen LogP contribution in [0.1, 0.15) is 21.1 Å². The number of alkyl halides is 3. The number of hydrogen-bond acceptors (Lipinski definition) is 6. The zero-order valence-corrected chi connectivity index (χ0v) is 12.6. The second kappa shape index (κ2) is 6.05. The number of halogens is 4. The molecule has 1 amide bonds. The van der Waals surface area contributed by atoms with E-state index >= 15 is 0 Å². The molecular formula is C11H9ClF3N5OS. The summed E-state index contributed by atoms with van der Waals surface area (Å²) in [6.45, 7) is 0.0112. The first-order valence-electron chi connectivity index (χ1n) is 5.74. The lowest BCUT2D eigenvalue weighted by Gasteiger charge is -2.18. The molecule has 0 atom stereocenters. The van der Waals surface area contributed by atoms with Gasteiger partial charge >= 0.3 is 6.18 Å². The van der Waals surface area contributed by atoms with Gasteiger partial charge in [-0.3, -0.25) is 4.79 Å². The first kappa shape index (κ1) is 16.4. The van der Waals surface area contributed by atoms with E-state index in [2.05, 4.69) is 15.2 Å². The summed E-state index contributed by atoms with van der Waals surface area (Å²) in [6.07, 6.45) is -4.49. The molecular weight excluding hydrogens is 343 g/mol. The van der Waals surface area contributed by atoms with Crippen molar-refractivity contribution in [1.29, 1.82) is 0 Å². The minimum atomic E-state index is -4.49. The molecule has 22 heavy (non-hydrogen) atoms. The summed E-state index contributed by atoms with van der Waals surface area (Å²) >= 11 is 6.50. The number of nitrogens with two attached hydrogens (primary N) is 1. The van der Waals surface area contributed by atoms with E-state index in [0.29, 0.717) is 0 Å². The number of nitrogens with zero attached hydrogens (tertiary/aromatic N) is 4. The third-order valence-corrected chi connectivity index (χ3v) is 3.60. The monoisotopic (exact) mass is 351 g/mol. The Bertz CT molecular complexity index is 705. The number of anilines is 1. The molecule has 0 spiro atoms. The second-order valence-electron chi connectivity index (χ2n) is 4.25. The molecule has 0 aromatic carbocycles. The van der Waals surface area contributed by atoms with Crippen molar-refractivity contribution in [1.82, 2.24) is 15.2 Å². The van der Waals surface area contributed by atoms with E-state index < -0.39 is 17.8 Å². The van der Waals surface area contributed by atoms with Gasteiger partial charge in [-0.2, -0.15) is 13.2 Å². The summed E-state index contributed by atoms with van der Waals surface area (Å²) in [4.78, 5) is 16.3. The zero-order valence-electron chi connectivity index (χ0n) is 11.1. The smallest absolute Gasteiger partial charge is 0.365 e. The average Bonchev–Trinajstić information content (AvgIpc) is 2.86. The van der Waals surface area contributed by atoms with Gasteiger partial charge in [0.05, 0.1) is 12.1 Å². The number of aromatic nitrogens is 3. The maximum absolute atomic E-state index is 12.5. The van der Waals surface area contributed by atoms with Crippen molar-refractivity contribution >= 4 is 34.7 Å². The molecule has 0 fully saturated rings. The lowest BCUT2D eigenvalue weighted by Crippen LogP contribution is -2.24. The molecule has 0 bridgehead atoms. The van der Waals surface area contributed by atoms with Crippen molar-refractivity contribution in [2.75, 3.05) is 11.9 Å². The maximum atomic E-state index is 12.5. The molecule has 6 nitrogen and oxygen atoms in total. The fraction of sp³-hybridized carbons (Fsp3) is 0.273. The van der Waals surface area contributed by atoms with Crippen LogP contribution in [0.2, 0.25) is 5.15 Å². The largest absolute Gasteiger partial charge is 0.434 e. The summed E-state index contributed by atoms with van der Waals surface area (Å²) in [6, 6.07) is 1.24. The van der Waals surface area contributed by atoms with Crippen LogP contribution in [0.25, 0.3) is 0 Å². The number of thiazole rings is 1. The normalized spacial score (nSPS) is 11.5. The molecule has 0 saturated carbocycles. The fourth-order valence-corrected chi connectivity index (χ4v) is 2.62. The Morgan fingerprint density at radius 2 is 2.14 bits per heavy atom. The van der Waals surface area contributed by atoms with Crippen LogP contribution in [0.5, 0.6) is 0 Å². The lowest BCUT2D eigenvalue weighted by atomic mass is 10.2. The van der Waals surface area contributed by atoms with Crippen LogP contribution >= 0.6 is 22.9 Å². The molecule has 0 aliphatic heterocycles. The Labute approximate surface area is 131 Å². The van der Waals surface area contributed by atoms with E-state index in [9.17, 15) is 18.0 Å². The van der Waals surface area contributed by atoms with Gasteiger partial charge in [0.2, 0.25) is 0 Å². The van der Waals surface area contributed by atoms with Crippen LogP contribution in [0, 0.1) is 0 Å². The first-order chi connectivity index (χ1) is 10.2. The third kappa shape index (κ3) is 3.63. The van der Waals surface area contributed by atoms with Crippen LogP contribution < -0.4 is 10.6 Å². The molecule has 2 rings (SSSR count). The van der Waals surface area contributed by atoms with Crippen LogP contribution in [-0.2, 0) is 12.7 Å². The highest BCUT2D eigenvalue weighted by atomic mass is 35.5. The molecule has 2 heterocycles. The van der Waals surface area contributed by atoms with Gasteiger partial charge in [0.25, 0.3) is 5.91 Å². The maximum Gasteiger partial charge on any atom is 0.434 e. The SMILES string of the molecule is CN(Cc1nc(C(F)(F)F)cs1)c1nnc(Cl)cc1C(N)=O. The van der Waals surface area contributed by atoms with Crippen LogP contribution in [0.3, 0.4) is 0 Å². The lowest BCUT2D eigenvalue weighted by molar-refractivity contribution is -0.140. The number of hydrogen-bond donors (Lipinski definition) is 1. The number of carbonyl (C=O) groups is 1. The second-order valence-corrected chi connectivity index (χ2v) is 5.58. The van der Waals surface area contributed by atoms with Crippen molar-refractivity contribution in [2.24, 2.45) is 5.73 Å². The van der Waals surface area contributed by atoms with E-state index in [1.165, 1.54) is 18.0 Å². The molecule has 2 N–H and O–H groups in total. The Balaban J connectivity index is 2.24. The Kier molecular flexibility index (Phi) is 4.52. The molecule has 118 valence electrons. The number of carbonyl (C=O) groups excluding carboxylic acids is 1. The molecule has 0 radical (unpaired) electrons. The number of primary amides is 1. The summed E-state index contributed by atoms with van der Waals surface area (Å²) in [7, 11) is 1.53. The summed E-state index contributed by atoms with van der Waals surface area (Å²) in [5.41, 5.74) is 4.29. The standard InChI is InChI=1S/C11H9ClF3N5OS/c1-20(3-8-17-6(4-22-8)11(13,14)15)10-5(9(16)21)2-7(12)18-19-10/h2,4H,3H2,1H3,(H2,16,21). The highest BCUT2D eigenvalue weighted by Gasteiger charge is 2.33. The molecule has 0 saturated heterocycles. The van der Waals surface area contributed by atoms with E-state index in [1.54, 1.807) is 0 Å². The third-order valence-electron chi connectivity index (χ3n) is 2.59. The fourth-order valence-electron chi connectivity index (χ4n) is 1.62. The summed E-state index contributed by atoms with van der Waals surface area (Å²) in [5.74, 6) is -0.658. The molecule has 2 aromatic heterocycles. The van der Waals surface area contributed by atoms with Gasteiger partial charge in [-0.1, -0.05) is 11.6 Å². The minimum Gasteiger partial charge on any atom is -0.365 e. The van der Waals surface area contributed by atoms with E-state index in [4.69, 9.17) is 17.3 Å². The van der Waals surface area contributed by atoms with Gasteiger partial charge in [0.1, 0.15) is 5.01 Å².